The number of ether oxygens (including phenoxy) is 1. The minimum Gasteiger partial charge on any atom is -0.450 e. The number of sulfonamides is 1. The standard InChI is InChI=1S/C16H30N4O5S/c1-2-25-16(22)19-9-11-20(12-10-19)26(23,24)13-8-17-15(21)18-14-6-4-3-5-7-14/h14H,2-13H2,1H3,(H2,17,18,21). The maximum absolute atomic E-state index is 12.4. The van der Waals surface area contributed by atoms with Crippen molar-refractivity contribution in [1.82, 2.24) is 19.8 Å². The van der Waals surface area contributed by atoms with Crippen LogP contribution < -0.4 is 10.6 Å². The first-order valence-electron chi connectivity index (χ1n) is 9.36. The number of carbonyl (C=O) groups excluding carboxylic acids is 2. The van der Waals surface area contributed by atoms with Crippen LogP contribution in [-0.4, -0.2) is 80.9 Å². The summed E-state index contributed by atoms with van der Waals surface area (Å²) in [7, 11) is -3.46. The second-order valence-electron chi connectivity index (χ2n) is 6.64. The first-order chi connectivity index (χ1) is 12.4. The molecule has 0 unspecified atom stereocenters. The van der Waals surface area contributed by atoms with E-state index in [1.54, 1.807) is 6.92 Å². The first-order valence-corrected chi connectivity index (χ1v) is 11.0. The van der Waals surface area contributed by atoms with Crippen LogP contribution in [0.1, 0.15) is 39.0 Å². The Morgan fingerprint density at radius 1 is 1.08 bits per heavy atom. The van der Waals surface area contributed by atoms with Crippen molar-refractivity contribution in [2.45, 2.75) is 45.1 Å². The van der Waals surface area contributed by atoms with E-state index in [9.17, 15) is 18.0 Å². The third-order valence-electron chi connectivity index (χ3n) is 4.74. The predicted octanol–water partition coefficient (Wildman–Crippen LogP) is 0.722. The molecular weight excluding hydrogens is 360 g/mol. The molecule has 0 atom stereocenters. The lowest BCUT2D eigenvalue weighted by Gasteiger charge is -2.33. The van der Waals surface area contributed by atoms with Crippen LogP contribution in [0.5, 0.6) is 0 Å². The highest BCUT2D eigenvalue weighted by atomic mass is 32.2. The zero-order valence-electron chi connectivity index (χ0n) is 15.4. The van der Waals surface area contributed by atoms with Crippen molar-refractivity contribution in [2.24, 2.45) is 0 Å². The molecule has 0 aromatic heterocycles. The lowest BCUT2D eigenvalue weighted by Crippen LogP contribution is -2.52. The molecule has 1 heterocycles. The van der Waals surface area contributed by atoms with Crippen LogP contribution in [0.25, 0.3) is 0 Å². The molecule has 9 nitrogen and oxygen atoms in total. The molecule has 10 heteroatoms. The minimum atomic E-state index is -3.46. The summed E-state index contributed by atoms with van der Waals surface area (Å²) in [5.74, 6) is -0.148. The zero-order valence-corrected chi connectivity index (χ0v) is 16.2. The van der Waals surface area contributed by atoms with E-state index < -0.39 is 16.1 Å². The fraction of sp³-hybridized carbons (Fsp3) is 0.875. The number of carbonyl (C=O) groups is 2. The molecule has 26 heavy (non-hydrogen) atoms. The molecule has 0 aromatic rings. The molecule has 0 radical (unpaired) electrons. The van der Waals surface area contributed by atoms with Crippen molar-refractivity contribution in [2.75, 3.05) is 45.1 Å². The molecule has 0 bridgehead atoms. The quantitative estimate of drug-likeness (QED) is 0.695. The Morgan fingerprint density at radius 3 is 2.35 bits per heavy atom. The van der Waals surface area contributed by atoms with Gasteiger partial charge in [-0.15, -0.1) is 0 Å². The summed E-state index contributed by atoms with van der Waals surface area (Å²) in [5, 5.41) is 5.53. The Hall–Kier alpha value is -1.55. The Balaban J connectivity index is 1.68. The number of urea groups is 1. The Bertz CT molecular complexity index is 569. The number of piperazine rings is 1. The normalized spacial score (nSPS) is 19.8. The molecule has 1 aliphatic heterocycles. The molecule has 2 N–H and O–H groups in total. The summed E-state index contributed by atoms with van der Waals surface area (Å²) in [5.41, 5.74) is 0. The van der Waals surface area contributed by atoms with Gasteiger partial charge in [0.05, 0.1) is 12.4 Å². The van der Waals surface area contributed by atoms with E-state index in [0.29, 0.717) is 19.7 Å². The van der Waals surface area contributed by atoms with Crippen molar-refractivity contribution in [1.29, 1.82) is 0 Å². The topological polar surface area (TPSA) is 108 Å². The average molecular weight is 391 g/mol. The lowest BCUT2D eigenvalue weighted by atomic mass is 9.96. The number of amides is 3. The molecule has 3 amide bonds. The molecule has 1 saturated carbocycles. The number of hydrogen-bond donors (Lipinski definition) is 2. The van der Waals surface area contributed by atoms with Gasteiger partial charge < -0.3 is 20.3 Å². The first kappa shape index (κ1) is 20.8. The van der Waals surface area contributed by atoms with Gasteiger partial charge in [0.1, 0.15) is 0 Å². The van der Waals surface area contributed by atoms with Crippen molar-refractivity contribution in [3.8, 4) is 0 Å². The summed E-state index contributed by atoms with van der Waals surface area (Å²) in [6.45, 7) is 3.22. The van der Waals surface area contributed by atoms with E-state index >= 15 is 0 Å². The zero-order chi connectivity index (χ0) is 19.0. The summed E-state index contributed by atoms with van der Waals surface area (Å²) < 4.78 is 31.0. The third-order valence-corrected chi connectivity index (χ3v) is 6.62. The van der Waals surface area contributed by atoms with Gasteiger partial charge in [-0.25, -0.2) is 18.0 Å². The van der Waals surface area contributed by atoms with Crippen LogP contribution in [0.3, 0.4) is 0 Å². The second-order valence-corrected chi connectivity index (χ2v) is 8.72. The molecule has 2 rings (SSSR count). The van der Waals surface area contributed by atoms with Gasteiger partial charge in [0.25, 0.3) is 0 Å². The van der Waals surface area contributed by atoms with Gasteiger partial charge in [-0.05, 0) is 19.8 Å². The largest absolute Gasteiger partial charge is 0.450 e. The van der Waals surface area contributed by atoms with Gasteiger partial charge in [0, 0.05) is 38.8 Å². The molecule has 0 spiro atoms. The molecule has 2 aliphatic rings. The summed E-state index contributed by atoms with van der Waals surface area (Å²) in [6.07, 6.45) is 5.01. The summed E-state index contributed by atoms with van der Waals surface area (Å²) >= 11 is 0. The highest BCUT2D eigenvalue weighted by Crippen LogP contribution is 2.17. The van der Waals surface area contributed by atoms with E-state index in [1.807, 2.05) is 0 Å². The smallest absolute Gasteiger partial charge is 0.409 e. The fourth-order valence-corrected chi connectivity index (χ4v) is 4.61. The summed E-state index contributed by atoms with van der Waals surface area (Å²) in [4.78, 5) is 25.0. The predicted molar refractivity (Wildman–Crippen MR) is 97.4 cm³/mol. The second kappa shape index (κ2) is 9.96. The Labute approximate surface area is 155 Å². The van der Waals surface area contributed by atoms with Crippen molar-refractivity contribution >= 4 is 22.1 Å². The van der Waals surface area contributed by atoms with E-state index in [4.69, 9.17) is 4.74 Å². The summed E-state index contributed by atoms with van der Waals surface area (Å²) in [6, 6.07) is -0.115. The monoisotopic (exact) mass is 390 g/mol. The highest BCUT2D eigenvalue weighted by molar-refractivity contribution is 7.89. The minimum absolute atomic E-state index is 0.0684. The van der Waals surface area contributed by atoms with Crippen LogP contribution >= 0.6 is 0 Å². The molecule has 1 aliphatic carbocycles. The number of nitrogens with zero attached hydrogens (tertiary/aromatic N) is 2. The van der Waals surface area contributed by atoms with Gasteiger partial charge in [0.15, 0.2) is 0 Å². The van der Waals surface area contributed by atoms with Crippen molar-refractivity contribution < 1.29 is 22.7 Å². The SMILES string of the molecule is CCOC(=O)N1CCN(S(=O)(=O)CCNC(=O)NC2CCCCC2)CC1. The van der Waals surface area contributed by atoms with Gasteiger partial charge in [-0.2, -0.15) is 4.31 Å². The molecule has 150 valence electrons. The number of rotatable bonds is 6. The van der Waals surface area contributed by atoms with E-state index in [-0.39, 0.29) is 37.5 Å². The maximum Gasteiger partial charge on any atom is 0.409 e. The van der Waals surface area contributed by atoms with Crippen LogP contribution in [0.15, 0.2) is 0 Å². The van der Waals surface area contributed by atoms with Crippen LogP contribution in [-0.2, 0) is 14.8 Å². The van der Waals surface area contributed by atoms with E-state index in [0.717, 1.165) is 25.7 Å². The third kappa shape index (κ3) is 6.31. The molecule has 1 saturated heterocycles. The van der Waals surface area contributed by atoms with E-state index in [1.165, 1.54) is 15.6 Å². The maximum atomic E-state index is 12.4. The van der Waals surface area contributed by atoms with Crippen LogP contribution in [0, 0.1) is 0 Å². The highest BCUT2D eigenvalue weighted by Gasteiger charge is 2.29. The molecular formula is C16H30N4O5S. The number of hydrogen-bond acceptors (Lipinski definition) is 5. The van der Waals surface area contributed by atoms with E-state index in [2.05, 4.69) is 10.6 Å². The van der Waals surface area contributed by atoms with Crippen molar-refractivity contribution in [3.05, 3.63) is 0 Å². The van der Waals surface area contributed by atoms with Gasteiger partial charge in [-0.1, -0.05) is 19.3 Å². The molecule has 0 aromatic carbocycles. The lowest BCUT2D eigenvalue weighted by molar-refractivity contribution is 0.0934. The van der Waals surface area contributed by atoms with Crippen LogP contribution in [0.4, 0.5) is 9.59 Å². The Kier molecular flexibility index (Phi) is 7.95. The van der Waals surface area contributed by atoms with Gasteiger partial charge in [-0.3, -0.25) is 0 Å². The Morgan fingerprint density at radius 2 is 1.73 bits per heavy atom. The number of nitrogens with one attached hydrogen (secondary N) is 2. The van der Waals surface area contributed by atoms with Crippen LogP contribution in [0.2, 0.25) is 0 Å². The van der Waals surface area contributed by atoms with Crippen molar-refractivity contribution in [3.63, 3.8) is 0 Å². The average Bonchev–Trinajstić information content (AvgIpc) is 2.62. The van der Waals surface area contributed by atoms with Gasteiger partial charge in [0.2, 0.25) is 10.0 Å². The fourth-order valence-electron chi connectivity index (χ4n) is 3.27. The molecule has 2 fully saturated rings. The van der Waals surface area contributed by atoms with Gasteiger partial charge >= 0.3 is 12.1 Å².